The molecule has 1 N–H and O–H groups in total. The summed E-state index contributed by atoms with van der Waals surface area (Å²) in [7, 11) is 0. The number of nitrogens with one attached hydrogen (secondary N) is 1. The van der Waals surface area contributed by atoms with Crippen LogP contribution in [-0.4, -0.2) is 25.3 Å². The lowest BCUT2D eigenvalue weighted by molar-refractivity contribution is -0.174. The van der Waals surface area contributed by atoms with E-state index in [1.165, 1.54) is 0 Å². The highest BCUT2D eigenvalue weighted by molar-refractivity contribution is 9.10. The number of amides is 1. The molecule has 0 aliphatic rings. The topological polar surface area (TPSA) is 38.3 Å². The zero-order valence-corrected chi connectivity index (χ0v) is 12.0. The second-order valence-electron chi connectivity index (χ2n) is 4.08. The highest BCUT2D eigenvalue weighted by Crippen LogP contribution is 2.25. The van der Waals surface area contributed by atoms with Crippen molar-refractivity contribution >= 4 is 27.5 Å². The maximum atomic E-state index is 11.8. The van der Waals surface area contributed by atoms with E-state index in [4.69, 9.17) is 0 Å². The first-order valence-electron chi connectivity index (χ1n) is 5.40. The van der Waals surface area contributed by atoms with Crippen LogP contribution in [0.2, 0.25) is 0 Å². The molecule has 1 aromatic rings. The molecule has 7 heteroatoms. The molecule has 106 valence electrons. The van der Waals surface area contributed by atoms with Crippen LogP contribution in [0.1, 0.15) is 11.1 Å². The van der Waals surface area contributed by atoms with Gasteiger partial charge in [0.15, 0.2) is 0 Å². The van der Waals surface area contributed by atoms with Crippen molar-refractivity contribution in [2.75, 3.05) is 18.5 Å². The van der Waals surface area contributed by atoms with Gasteiger partial charge in [-0.2, -0.15) is 13.2 Å². The van der Waals surface area contributed by atoms with E-state index in [9.17, 15) is 18.0 Å². The smallest absolute Gasteiger partial charge is 0.362 e. The van der Waals surface area contributed by atoms with Crippen LogP contribution in [0.5, 0.6) is 0 Å². The average molecular weight is 340 g/mol. The van der Waals surface area contributed by atoms with Crippen LogP contribution < -0.4 is 5.32 Å². The molecule has 0 aromatic heterocycles. The van der Waals surface area contributed by atoms with Crippen molar-refractivity contribution < 1.29 is 22.7 Å². The number of halogens is 4. The highest BCUT2D eigenvalue weighted by atomic mass is 79.9. The number of rotatable bonds is 4. The third-order valence-electron chi connectivity index (χ3n) is 2.22. The Morgan fingerprint density at radius 2 is 1.84 bits per heavy atom. The largest absolute Gasteiger partial charge is 0.411 e. The minimum absolute atomic E-state index is 0.527. The van der Waals surface area contributed by atoms with Gasteiger partial charge in [-0.25, -0.2) is 0 Å². The van der Waals surface area contributed by atoms with Crippen molar-refractivity contribution in [3.8, 4) is 0 Å². The fourth-order valence-corrected chi connectivity index (χ4v) is 1.70. The first-order chi connectivity index (χ1) is 8.69. The van der Waals surface area contributed by atoms with E-state index in [0.717, 1.165) is 15.6 Å². The summed E-state index contributed by atoms with van der Waals surface area (Å²) in [6.07, 6.45) is -4.43. The number of hydrogen-bond acceptors (Lipinski definition) is 2. The van der Waals surface area contributed by atoms with Gasteiger partial charge in [0.1, 0.15) is 13.2 Å². The number of benzene rings is 1. The van der Waals surface area contributed by atoms with Crippen molar-refractivity contribution in [3.05, 3.63) is 27.7 Å². The molecule has 1 amide bonds. The summed E-state index contributed by atoms with van der Waals surface area (Å²) >= 11 is 3.38. The van der Waals surface area contributed by atoms with Crippen molar-refractivity contribution in [1.82, 2.24) is 0 Å². The lowest BCUT2D eigenvalue weighted by Gasteiger charge is -2.10. The van der Waals surface area contributed by atoms with Crippen molar-refractivity contribution in [2.24, 2.45) is 0 Å². The molecule has 0 spiro atoms. The van der Waals surface area contributed by atoms with E-state index >= 15 is 0 Å². The van der Waals surface area contributed by atoms with Gasteiger partial charge >= 0.3 is 6.18 Å². The minimum Gasteiger partial charge on any atom is -0.362 e. The van der Waals surface area contributed by atoms with Crippen molar-refractivity contribution in [1.29, 1.82) is 0 Å². The summed E-state index contributed by atoms with van der Waals surface area (Å²) in [6, 6.07) is 3.44. The van der Waals surface area contributed by atoms with E-state index in [1.807, 2.05) is 13.8 Å². The number of carbonyl (C=O) groups is 1. The van der Waals surface area contributed by atoms with Crippen LogP contribution >= 0.6 is 15.9 Å². The Hall–Kier alpha value is -1.08. The van der Waals surface area contributed by atoms with E-state index < -0.39 is 25.3 Å². The predicted octanol–water partition coefficient (Wildman–Crippen LogP) is 3.58. The third kappa shape index (κ3) is 5.61. The molecule has 0 aliphatic heterocycles. The number of ether oxygens (including phenoxy) is 1. The molecule has 0 unspecified atom stereocenters. The molecular weight excluding hydrogens is 327 g/mol. The van der Waals surface area contributed by atoms with Crippen LogP contribution in [0.4, 0.5) is 18.9 Å². The SMILES string of the molecule is Cc1cc(NC(=O)COCC(F)(F)F)cc(C)c1Br. The van der Waals surface area contributed by atoms with Crippen molar-refractivity contribution in [3.63, 3.8) is 0 Å². The first-order valence-corrected chi connectivity index (χ1v) is 6.19. The first kappa shape index (κ1) is 16.0. The second kappa shape index (κ2) is 6.38. The van der Waals surface area contributed by atoms with Crippen LogP contribution in [0.15, 0.2) is 16.6 Å². The fourth-order valence-electron chi connectivity index (χ4n) is 1.47. The van der Waals surface area contributed by atoms with E-state index in [-0.39, 0.29) is 0 Å². The van der Waals surface area contributed by atoms with Crippen LogP contribution in [0.25, 0.3) is 0 Å². The highest BCUT2D eigenvalue weighted by Gasteiger charge is 2.27. The molecule has 0 saturated heterocycles. The zero-order chi connectivity index (χ0) is 14.6. The lowest BCUT2D eigenvalue weighted by atomic mass is 10.1. The molecule has 3 nitrogen and oxygen atoms in total. The molecular formula is C12H13BrF3NO2. The fraction of sp³-hybridized carbons (Fsp3) is 0.417. The van der Waals surface area contributed by atoms with Gasteiger partial charge in [-0.1, -0.05) is 15.9 Å². The van der Waals surface area contributed by atoms with Gasteiger partial charge in [0.05, 0.1) is 0 Å². The van der Waals surface area contributed by atoms with Crippen LogP contribution in [0.3, 0.4) is 0 Å². The molecule has 0 heterocycles. The Kier molecular flexibility index (Phi) is 5.37. The van der Waals surface area contributed by atoms with Gasteiger partial charge in [0.2, 0.25) is 5.91 Å². The predicted molar refractivity (Wildman–Crippen MR) is 69.1 cm³/mol. The number of carbonyl (C=O) groups excluding carboxylic acids is 1. The summed E-state index contributed by atoms with van der Waals surface area (Å²) < 4.78 is 40.7. The molecule has 0 fully saturated rings. The van der Waals surface area contributed by atoms with Gasteiger partial charge in [-0.15, -0.1) is 0 Å². The molecule has 0 radical (unpaired) electrons. The minimum atomic E-state index is -4.43. The summed E-state index contributed by atoms with van der Waals surface area (Å²) in [6.45, 7) is 1.65. The Balaban J connectivity index is 2.53. The summed E-state index contributed by atoms with van der Waals surface area (Å²) in [5.74, 6) is -0.620. The standard InChI is InChI=1S/C12H13BrF3NO2/c1-7-3-9(4-8(2)11(7)13)17-10(18)5-19-6-12(14,15)16/h3-4H,5-6H2,1-2H3,(H,17,18). The van der Waals surface area contributed by atoms with Gasteiger partial charge in [-0.3, -0.25) is 4.79 Å². The Morgan fingerprint density at radius 3 is 2.32 bits per heavy atom. The van der Waals surface area contributed by atoms with Gasteiger partial charge < -0.3 is 10.1 Å². The van der Waals surface area contributed by atoms with Crippen molar-refractivity contribution in [2.45, 2.75) is 20.0 Å². The normalized spacial score (nSPS) is 11.5. The maximum Gasteiger partial charge on any atom is 0.411 e. The second-order valence-corrected chi connectivity index (χ2v) is 4.87. The monoisotopic (exact) mass is 339 g/mol. The lowest BCUT2D eigenvalue weighted by Crippen LogP contribution is -2.24. The Bertz CT molecular complexity index is 452. The summed E-state index contributed by atoms with van der Waals surface area (Å²) in [5.41, 5.74) is 2.37. The quantitative estimate of drug-likeness (QED) is 0.910. The summed E-state index contributed by atoms with van der Waals surface area (Å²) in [4.78, 5) is 11.4. The van der Waals surface area contributed by atoms with Crippen LogP contribution in [0, 0.1) is 13.8 Å². The average Bonchev–Trinajstić information content (AvgIpc) is 2.23. The molecule has 1 aromatic carbocycles. The zero-order valence-electron chi connectivity index (χ0n) is 10.4. The molecule has 0 saturated carbocycles. The molecule has 19 heavy (non-hydrogen) atoms. The molecule has 0 atom stereocenters. The third-order valence-corrected chi connectivity index (χ3v) is 3.47. The number of alkyl halides is 3. The van der Waals surface area contributed by atoms with Gasteiger partial charge in [-0.05, 0) is 37.1 Å². The van der Waals surface area contributed by atoms with E-state index in [1.54, 1.807) is 12.1 Å². The van der Waals surface area contributed by atoms with Gasteiger partial charge in [0.25, 0.3) is 0 Å². The maximum absolute atomic E-state index is 11.8. The number of hydrogen-bond donors (Lipinski definition) is 1. The molecule has 0 bridgehead atoms. The van der Waals surface area contributed by atoms with Gasteiger partial charge in [0, 0.05) is 10.2 Å². The molecule has 1 rings (SSSR count). The van der Waals surface area contributed by atoms with E-state index in [2.05, 4.69) is 26.0 Å². The Labute approximate surface area is 117 Å². The number of aryl methyl sites for hydroxylation is 2. The Morgan fingerprint density at radius 1 is 1.32 bits per heavy atom. The molecule has 0 aliphatic carbocycles. The summed E-state index contributed by atoms with van der Waals surface area (Å²) in [5, 5.41) is 2.48. The van der Waals surface area contributed by atoms with Crippen LogP contribution in [-0.2, 0) is 9.53 Å². The van der Waals surface area contributed by atoms with E-state index in [0.29, 0.717) is 5.69 Å². The number of anilines is 1.